The van der Waals surface area contributed by atoms with Gasteiger partial charge in [-0.05, 0) is 31.5 Å². The maximum atomic E-state index is 11.1. The Balaban J connectivity index is -0.000000158. The fraction of sp³-hybridized carbons (Fsp3) is 0.923. The Kier molecular flexibility index (Phi) is 30.1. The molecule has 0 radical (unpaired) electrons. The summed E-state index contributed by atoms with van der Waals surface area (Å²) in [5, 5.41) is 0. The van der Waals surface area contributed by atoms with Gasteiger partial charge in [-0.3, -0.25) is 9.05 Å². The summed E-state index contributed by atoms with van der Waals surface area (Å²) in [6.45, 7) is 7.36. The molecular formula is C13H35N2O5PS2. The lowest BCUT2D eigenvalue weighted by Crippen LogP contribution is -1.98. The van der Waals surface area contributed by atoms with Crippen LogP contribution in [0.15, 0.2) is 0 Å². The molecule has 0 rings (SSSR count). The van der Waals surface area contributed by atoms with Crippen molar-refractivity contribution in [3.8, 4) is 0 Å². The highest BCUT2D eigenvalue weighted by Gasteiger charge is 2.19. The van der Waals surface area contributed by atoms with E-state index in [-0.39, 0.29) is 25.5 Å². The lowest BCUT2D eigenvalue weighted by molar-refractivity contribution is 0.146. The van der Waals surface area contributed by atoms with E-state index < -0.39 is 7.82 Å². The van der Waals surface area contributed by atoms with Crippen LogP contribution in [0.2, 0.25) is 0 Å². The second-order valence-corrected chi connectivity index (χ2v) is 6.84. The van der Waals surface area contributed by atoms with Crippen molar-refractivity contribution in [1.82, 2.24) is 12.3 Å². The Hall–Kier alpha value is 0.270. The molecule has 0 atom stereocenters. The molecule has 0 aliphatic carbocycles. The minimum atomic E-state index is -3.75. The summed E-state index contributed by atoms with van der Waals surface area (Å²) in [5.74, 6) is 0. The Labute approximate surface area is 152 Å². The van der Waals surface area contributed by atoms with Crippen molar-refractivity contribution in [2.45, 2.75) is 59.3 Å². The second kappa shape index (κ2) is 22.3. The minimum Gasteiger partial charge on any atom is -0.479 e. The summed E-state index contributed by atoms with van der Waals surface area (Å²) in [6, 6.07) is 0. The van der Waals surface area contributed by atoms with Crippen LogP contribution in [0.5, 0.6) is 0 Å². The van der Waals surface area contributed by atoms with Crippen molar-refractivity contribution in [2.75, 3.05) is 19.8 Å². The maximum Gasteiger partial charge on any atom is 0.472 e. The van der Waals surface area contributed by atoms with Crippen molar-refractivity contribution in [1.29, 1.82) is 0 Å². The van der Waals surface area contributed by atoms with Crippen LogP contribution in [0.25, 0.3) is 0 Å². The average Bonchev–Trinajstić information content (AvgIpc) is 2.40. The molecule has 10 heteroatoms. The first kappa shape index (κ1) is 31.1. The molecule has 0 amide bonds. The first-order valence-electron chi connectivity index (χ1n) is 7.37. The summed E-state index contributed by atoms with van der Waals surface area (Å²) in [5.41, 5.74) is 0. The average molecular weight is 395 g/mol. The molecule has 0 aliphatic rings. The molecule has 144 valence electrons. The molecule has 7 N–H and O–H groups in total. The number of hydrogen-bond donors (Lipinski definition) is 4. The first-order chi connectivity index (χ1) is 9.89. The predicted molar refractivity (Wildman–Crippen MR) is 104 cm³/mol. The van der Waals surface area contributed by atoms with Gasteiger partial charge in [0.05, 0.1) is 19.8 Å². The third-order valence-electron chi connectivity index (χ3n) is 2.23. The number of hydrogen-bond acceptors (Lipinski definition) is 7. The van der Waals surface area contributed by atoms with Crippen LogP contribution in [0.4, 0.5) is 0 Å². The molecule has 0 aromatic carbocycles. The van der Waals surface area contributed by atoms with Crippen LogP contribution in [-0.4, -0.2) is 29.1 Å². The lowest BCUT2D eigenvalue weighted by atomic mass is 10.4. The van der Waals surface area contributed by atoms with Crippen LogP contribution < -0.4 is 12.3 Å². The molecule has 0 aromatic rings. The number of phosphoric acid groups is 1. The molecule has 0 spiro atoms. The monoisotopic (exact) mass is 394 g/mol. The summed E-state index contributed by atoms with van der Waals surface area (Å²) in [4.78, 5) is 9.08. The van der Waals surface area contributed by atoms with Crippen molar-refractivity contribution < 1.29 is 23.2 Å². The van der Waals surface area contributed by atoms with E-state index >= 15 is 0 Å². The van der Waals surface area contributed by atoms with Crippen LogP contribution in [-0.2, 0) is 18.3 Å². The van der Waals surface area contributed by atoms with E-state index in [1.807, 2.05) is 13.8 Å². The summed E-state index contributed by atoms with van der Waals surface area (Å²) < 4.78 is 25.7. The van der Waals surface area contributed by atoms with Crippen molar-refractivity contribution in [3.05, 3.63) is 0 Å². The highest BCUT2D eigenvalue weighted by molar-refractivity contribution is 8.10. The SMILES string of the molecule is CCCCOC(=S)S.CCCCOP(=O)(O)OCCCC.N.N. The zero-order valence-electron chi connectivity index (χ0n) is 14.7. The fourth-order valence-corrected chi connectivity index (χ4v) is 1.96. The Morgan fingerprint density at radius 3 is 1.61 bits per heavy atom. The fourth-order valence-electron chi connectivity index (χ4n) is 0.990. The molecule has 23 heavy (non-hydrogen) atoms. The molecule has 0 saturated carbocycles. The molecule has 0 bridgehead atoms. The third-order valence-corrected chi connectivity index (χ3v) is 3.49. The van der Waals surface area contributed by atoms with Gasteiger partial charge in [0.1, 0.15) is 0 Å². The van der Waals surface area contributed by atoms with Crippen LogP contribution in [0.3, 0.4) is 0 Å². The minimum absolute atomic E-state index is 0. The third kappa shape index (κ3) is 30.7. The first-order valence-corrected chi connectivity index (χ1v) is 9.72. The highest BCUT2D eigenvalue weighted by atomic mass is 32.1. The number of phosphoric ester groups is 1. The van der Waals surface area contributed by atoms with E-state index in [2.05, 4.69) is 31.8 Å². The predicted octanol–water partition coefficient (Wildman–Crippen LogP) is 5.06. The Morgan fingerprint density at radius 1 is 0.957 bits per heavy atom. The zero-order valence-corrected chi connectivity index (χ0v) is 17.3. The van der Waals surface area contributed by atoms with Gasteiger partial charge in [0, 0.05) is 0 Å². The Morgan fingerprint density at radius 2 is 1.30 bits per heavy atom. The second-order valence-electron chi connectivity index (χ2n) is 4.31. The molecule has 0 heterocycles. The molecule has 0 aromatic heterocycles. The van der Waals surface area contributed by atoms with Crippen molar-refractivity contribution >= 4 is 37.1 Å². The summed E-state index contributed by atoms with van der Waals surface area (Å²) >= 11 is 8.33. The van der Waals surface area contributed by atoms with E-state index in [0.717, 1.165) is 38.5 Å². The number of thiol groups is 1. The summed E-state index contributed by atoms with van der Waals surface area (Å²) in [7, 11) is -3.75. The quantitative estimate of drug-likeness (QED) is 0.165. The largest absolute Gasteiger partial charge is 0.479 e. The van der Waals surface area contributed by atoms with Gasteiger partial charge in [-0.15, -0.1) is 0 Å². The zero-order chi connectivity index (χ0) is 16.6. The van der Waals surface area contributed by atoms with E-state index in [9.17, 15) is 4.57 Å². The molecule has 0 saturated heterocycles. The van der Waals surface area contributed by atoms with Gasteiger partial charge in [0.15, 0.2) is 0 Å². The van der Waals surface area contributed by atoms with Gasteiger partial charge in [-0.25, -0.2) is 4.57 Å². The van der Waals surface area contributed by atoms with Gasteiger partial charge in [-0.1, -0.05) is 52.7 Å². The van der Waals surface area contributed by atoms with Gasteiger partial charge in [0.25, 0.3) is 0 Å². The van der Waals surface area contributed by atoms with Crippen molar-refractivity contribution in [3.63, 3.8) is 0 Å². The summed E-state index contributed by atoms with van der Waals surface area (Å²) in [6.07, 6.45) is 5.63. The number of ether oxygens (including phenoxy) is 1. The van der Waals surface area contributed by atoms with E-state index in [1.165, 1.54) is 0 Å². The van der Waals surface area contributed by atoms with Gasteiger partial charge in [-0.2, -0.15) is 0 Å². The normalized spacial score (nSPS) is 9.78. The molecule has 7 nitrogen and oxygen atoms in total. The molecular weight excluding hydrogens is 359 g/mol. The van der Waals surface area contributed by atoms with Crippen LogP contribution in [0.1, 0.15) is 59.3 Å². The maximum absolute atomic E-state index is 11.1. The standard InChI is InChI=1S/C8H19O4P.C5H10OS2.2H3N/c1-3-5-7-11-13(9,10)12-8-6-4-2;1-2-3-4-6-5(7)8;;/h3-8H2,1-2H3,(H,9,10);2-4H2,1H3,(H,7,8);2*1H3. The number of thiocarbonyl (C=S) groups is 1. The van der Waals surface area contributed by atoms with Gasteiger partial charge >= 0.3 is 7.82 Å². The van der Waals surface area contributed by atoms with Gasteiger partial charge < -0.3 is 21.9 Å². The lowest BCUT2D eigenvalue weighted by Gasteiger charge is -2.10. The number of unbranched alkanes of at least 4 members (excludes halogenated alkanes) is 3. The number of rotatable bonds is 11. The molecule has 0 fully saturated rings. The van der Waals surface area contributed by atoms with E-state index in [0.29, 0.717) is 11.0 Å². The highest BCUT2D eigenvalue weighted by Crippen LogP contribution is 2.43. The smallest absolute Gasteiger partial charge is 0.472 e. The van der Waals surface area contributed by atoms with E-state index in [1.54, 1.807) is 0 Å². The van der Waals surface area contributed by atoms with Crippen molar-refractivity contribution in [2.24, 2.45) is 0 Å². The van der Waals surface area contributed by atoms with Crippen LogP contribution in [0, 0.1) is 0 Å². The molecule has 0 unspecified atom stereocenters. The Bertz CT molecular complexity index is 286. The van der Waals surface area contributed by atoms with Crippen LogP contribution >= 0.6 is 32.7 Å². The van der Waals surface area contributed by atoms with E-state index in [4.69, 9.17) is 18.7 Å². The molecule has 0 aliphatic heterocycles. The van der Waals surface area contributed by atoms with Gasteiger partial charge in [0.2, 0.25) is 4.38 Å². The topological polar surface area (TPSA) is 135 Å².